The monoisotopic (exact) mass is 250 g/mol. The van der Waals surface area contributed by atoms with Crippen LogP contribution in [0.4, 0.5) is 0 Å². The van der Waals surface area contributed by atoms with Crippen molar-refractivity contribution >= 4 is 21.9 Å². The highest BCUT2D eigenvalue weighted by Crippen LogP contribution is 2.34. The fraction of sp³-hybridized carbons (Fsp3) is 0.900. The number of esters is 1. The van der Waals surface area contributed by atoms with Crippen LogP contribution in [-0.4, -0.2) is 16.9 Å². The van der Waals surface area contributed by atoms with Crippen LogP contribution >= 0.6 is 15.9 Å². The molecule has 0 saturated carbocycles. The van der Waals surface area contributed by atoms with Gasteiger partial charge in [-0.15, -0.1) is 0 Å². The summed E-state index contributed by atoms with van der Waals surface area (Å²) in [5.41, 5.74) is -0.414. The maximum absolute atomic E-state index is 11.5. The molecule has 0 aromatic heterocycles. The van der Waals surface area contributed by atoms with Crippen molar-refractivity contribution in [1.82, 2.24) is 0 Å². The van der Waals surface area contributed by atoms with E-state index in [-0.39, 0.29) is 10.3 Å². The molecule has 0 spiro atoms. The van der Waals surface area contributed by atoms with Crippen molar-refractivity contribution in [3.05, 3.63) is 0 Å². The zero-order valence-corrected chi connectivity index (χ0v) is 10.7. The Kier molecular flexibility index (Phi) is 4.43. The first kappa shape index (κ1) is 12.9. The van der Waals surface area contributed by atoms with Crippen molar-refractivity contribution in [3.8, 4) is 0 Å². The summed E-state index contributed by atoms with van der Waals surface area (Å²) < 4.78 is 4.97. The van der Waals surface area contributed by atoms with E-state index in [1.165, 1.54) is 0 Å². The van der Waals surface area contributed by atoms with Gasteiger partial charge in [0.05, 0.1) is 12.0 Å². The van der Waals surface area contributed by atoms with E-state index in [1.54, 1.807) is 0 Å². The molecular weight excluding hydrogens is 232 g/mol. The first-order chi connectivity index (χ1) is 5.69. The Labute approximate surface area is 89.2 Å². The Morgan fingerprint density at radius 2 is 1.77 bits per heavy atom. The van der Waals surface area contributed by atoms with Crippen LogP contribution in [-0.2, 0) is 9.53 Å². The van der Waals surface area contributed by atoms with E-state index >= 15 is 0 Å². The van der Waals surface area contributed by atoms with Crippen LogP contribution < -0.4 is 0 Å². The summed E-state index contributed by atoms with van der Waals surface area (Å²) in [6, 6.07) is 0. The predicted molar refractivity (Wildman–Crippen MR) is 58.0 cm³/mol. The summed E-state index contributed by atoms with van der Waals surface area (Å²) in [5, 5.41) is 0. The van der Waals surface area contributed by atoms with Crippen molar-refractivity contribution < 1.29 is 9.53 Å². The van der Waals surface area contributed by atoms with Gasteiger partial charge in [0.25, 0.3) is 0 Å². The molecule has 0 aliphatic carbocycles. The molecule has 0 aliphatic heterocycles. The number of halogens is 1. The molecule has 78 valence electrons. The lowest BCUT2D eigenvalue weighted by Crippen LogP contribution is -2.32. The molecule has 0 radical (unpaired) electrons. The molecule has 0 N–H and O–H groups in total. The van der Waals surface area contributed by atoms with Crippen LogP contribution in [0.5, 0.6) is 0 Å². The number of carbonyl (C=O) groups is 1. The molecule has 0 rings (SSSR count). The highest BCUT2D eigenvalue weighted by molar-refractivity contribution is 9.10. The quantitative estimate of drug-likeness (QED) is 0.566. The van der Waals surface area contributed by atoms with Crippen molar-refractivity contribution in [2.75, 3.05) is 6.61 Å². The van der Waals surface area contributed by atoms with Crippen LogP contribution in [0, 0.1) is 5.41 Å². The first-order valence-corrected chi connectivity index (χ1v) is 5.34. The lowest BCUT2D eigenvalue weighted by molar-refractivity contribution is -0.154. The minimum absolute atomic E-state index is 0.0245. The van der Waals surface area contributed by atoms with E-state index in [4.69, 9.17) is 4.74 Å². The molecule has 0 bridgehead atoms. The molecule has 2 nitrogen and oxygen atoms in total. The van der Waals surface area contributed by atoms with E-state index in [0.717, 1.165) is 6.42 Å². The van der Waals surface area contributed by atoms with Gasteiger partial charge >= 0.3 is 5.97 Å². The Morgan fingerprint density at radius 3 is 2.08 bits per heavy atom. The fourth-order valence-corrected chi connectivity index (χ4v) is 2.15. The topological polar surface area (TPSA) is 26.3 Å². The Bertz CT molecular complexity index is 180. The van der Waals surface area contributed by atoms with Gasteiger partial charge in [-0.2, -0.15) is 0 Å². The average molecular weight is 251 g/mol. The number of ether oxygens (including phenoxy) is 1. The lowest BCUT2D eigenvalue weighted by atomic mass is 9.84. The van der Waals surface area contributed by atoms with Crippen molar-refractivity contribution in [2.45, 2.75) is 45.4 Å². The van der Waals surface area contributed by atoms with Crippen LogP contribution in [0.15, 0.2) is 0 Å². The van der Waals surface area contributed by atoms with Gasteiger partial charge in [-0.25, -0.2) is 0 Å². The molecule has 0 aromatic rings. The zero-order valence-electron chi connectivity index (χ0n) is 9.11. The van der Waals surface area contributed by atoms with E-state index in [1.807, 2.05) is 34.6 Å². The van der Waals surface area contributed by atoms with Gasteiger partial charge < -0.3 is 4.74 Å². The van der Waals surface area contributed by atoms with Gasteiger partial charge in [0.2, 0.25) is 0 Å². The van der Waals surface area contributed by atoms with E-state index in [0.29, 0.717) is 6.61 Å². The van der Waals surface area contributed by atoms with E-state index in [9.17, 15) is 4.79 Å². The standard InChI is InChI=1S/C10H19BrO2/c1-6-13-8(12)9(2,3)7-10(4,5)11/h6-7H2,1-5H3. The number of hydrogen-bond acceptors (Lipinski definition) is 2. The molecule has 0 amide bonds. The van der Waals surface area contributed by atoms with Crippen molar-refractivity contribution in [2.24, 2.45) is 5.41 Å². The predicted octanol–water partition coefficient (Wildman–Crippen LogP) is 3.14. The van der Waals surface area contributed by atoms with Crippen LogP contribution in [0.1, 0.15) is 41.0 Å². The van der Waals surface area contributed by atoms with Gasteiger partial charge in [-0.1, -0.05) is 29.8 Å². The molecule has 0 heterocycles. The van der Waals surface area contributed by atoms with Crippen LogP contribution in [0.3, 0.4) is 0 Å². The molecule has 0 saturated heterocycles. The Hall–Kier alpha value is -0.0500. The van der Waals surface area contributed by atoms with Crippen molar-refractivity contribution in [3.63, 3.8) is 0 Å². The van der Waals surface area contributed by atoms with Crippen LogP contribution in [0.2, 0.25) is 0 Å². The summed E-state index contributed by atoms with van der Waals surface area (Å²) >= 11 is 3.53. The summed E-state index contributed by atoms with van der Waals surface area (Å²) in [4.78, 5) is 11.5. The highest BCUT2D eigenvalue weighted by Gasteiger charge is 2.34. The SMILES string of the molecule is CCOC(=O)C(C)(C)CC(C)(C)Br. The van der Waals surface area contributed by atoms with E-state index in [2.05, 4.69) is 15.9 Å². The summed E-state index contributed by atoms with van der Waals surface area (Å²) in [6.07, 6.45) is 0.763. The average Bonchev–Trinajstić information content (AvgIpc) is 1.82. The third-order valence-corrected chi connectivity index (χ3v) is 1.97. The largest absolute Gasteiger partial charge is 0.466 e. The smallest absolute Gasteiger partial charge is 0.311 e. The molecule has 0 aromatic carbocycles. The molecule has 13 heavy (non-hydrogen) atoms. The number of hydrogen-bond donors (Lipinski definition) is 0. The first-order valence-electron chi connectivity index (χ1n) is 4.55. The summed E-state index contributed by atoms with van der Waals surface area (Å²) in [6.45, 7) is 10.2. The molecule has 0 unspecified atom stereocenters. The van der Waals surface area contributed by atoms with Gasteiger partial charge in [-0.05, 0) is 27.2 Å². The minimum atomic E-state index is -0.414. The van der Waals surface area contributed by atoms with Gasteiger partial charge in [0.15, 0.2) is 0 Å². The molecule has 0 aliphatic rings. The number of carbonyl (C=O) groups excluding carboxylic acids is 1. The number of alkyl halides is 1. The minimum Gasteiger partial charge on any atom is -0.466 e. The second kappa shape index (κ2) is 4.45. The van der Waals surface area contributed by atoms with Gasteiger partial charge in [-0.3, -0.25) is 4.79 Å². The van der Waals surface area contributed by atoms with Gasteiger partial charge in [0, 0.05) is 4.32 Å². The lowest BCUT2D eigenvalue weighted by Gasteiger charge is -2.28. The molecule has 3 heteroatoms. The van der Waals surface area contributed by atoms with Crippen molar-refractivity contribution in [1.29, 1.82) is 0 Å². The third-order valence-electron chi connectivity index (χ3n) is 1.69. The highest BCUT2D eigenvalue weighted by atomic mass is 79.9. The Balaban J connectivity index is 4.30. The maximum atomic E-state index is 11.5. The summed E-state index contributed by atoms with van der Waals surface area (Å²) in [7, 11) is 0. The second-order valence-electron chi connectivity index (χ2n) is 4.50. The molecule has 0 fully saturated rings. The fourth-order valence-electron chi connectivity index (χ4n) is 1.45. The Morgan fingerprint density at radius 1 is 1.31 bits per heavy atom. The zero-order chi connectivity index (χ0) is 10.7. The van der Waals surface area contributed by atoms with Crippen LogP contribution in [0.25, 0.3) is 0 Å². The number of rotatable bonds is 4. The third kappa shape index (κ3) is 5.29. The van der Waals surface area contributed by atoms with Gasteiger partial charge in [0.1, 0.15) is 0 Å². The van der Waals surface area contributed by atoms with E-state index < -0.39 is 5.41 Å². The molecular formula is C10H19BrO2. The molecule has 0 atom stereocenters. The summed E-state index contributed by atoms with van der Waals surface area (Å²) in [5.74, 6) is -0.123. The normalized spacial score (nSPS) is 12.8. The maximum Gasteiger partial charge on any atom is 0.311 e. The second-order valence-corrected chi connectivity index (χ2v) is 6.65.